The van der Waals surface area contributed by atoms with E-state index in [2.05, 4.69) is 32.0 Å². The zero-order chi connectivity index (χ0) is 17.0. The van der Waals surface area contributed by atoms with Crippen molar-refractivity contribution < 1.29 is 9.53 Å². The van der Waals surface area contributed by atoms with Gasteiger partial charge < -0.3 is 14.6 Å². The number of nitrogens with one attached hydrogen (secondary N) is 1. The van der Waals surface area contributed by atoms with Gasteiger partial charge in [-0.3, -0.25) is 0 Å². The molecular weight excluding hydrogens is 316 g/mol. The van der Waals surface area contributed by atoms with Crippen LogP contribution in [0.25, 0.3) is 21.9 Å². The van der Waals surface area contributed by atoms with Gasteiger partial charge in [-0.15, -0.1) is 0 Å². The summed E-state index contributed by atoms with van der Waals surface area (Å²) in [5.74, 6) is 0.642. The molecule has 1 aliphatic carbocycles. The molecule has 1 aromatic carbocycles. The second-order valence-electron chi connectivity index (χ2n) is 6.82. The Morgan fingerprint density at radius 1 is 1.32 bits per heavy atom. The number of allylic oxidation sites excluding steroid dienone is 1. The van der Waals surface area contributed by atoms with Gasteiger partial charge in [0.25, 0.3) is 0 Å². The van der Waals surface area contributed by atoms with Gasteiger partial charge in [0.15, 0.2) is 0 Å². The van der Waals surface area contributed by atoms with Gasteiger partial charge in [-0.05, 0) is 31.4 Å². The van der Waals surface area contributed by atoms with E-state index in [4.69, 9.17) is 4.74 Å². The van der Waals surface area contributed by atoms with Crippen LogP contribution in [0.3, 0.4) is 0 Å². The number of nitrogens with zero attached hydrogens (tertiary/aromatic N) is 3. The number of H-pyrrole nitrogens is 1. The van der Waals surface area contributed by atoms with Gasteiger partial charge in [0, 0.05) is 17.4 Å². The molecule has 0 amide bonds. The summed E-state index contributed by atoms with van der Waals surface area (Å²) in [6, 6.07) is 5.55. The number of esters is 1. The summed E-state index contributed by atoms with van der Waals surface area (Å²) in [7, 11) is 1.39. The first kappa shape index (κ1) is 14.5. The molecule has 0 bridgehead atoms. The van der Waals surface area contributed by atoms with Gasteiger partial charge in [0.05, 0.1) is 23.6 Å². The lowest BCUT2D eigenvalue weighted by Crippen LogP contribution is -2.20. The first-order valence-electron chi connectivity index (χ1n) is 8.49. The standard InChI is InChI=1S/C19H18N4O2/c1-25-18(24)12-5-6-13-14(9-12)22-16-15(13)17(21-11-20-16)23-10-19(23)7-3-2-4-8-19/h2-3,5-6,9,11H,4,7-8,10H2,1H3,(H,20,21,22). The molecule has 6 nitrogen and oxygen atoms in total. The van der Waals surface area contributed by atoms with Gasteiger partial charge >= 0.3 is 5.97 Å². The molecule has 2 aliphatic rings. The summed E-state index contributed by atoms with van der Waals surface area (Å²) in [5.41, 5.74) is 2.43. The van der Waals surface area contributed by atoms with Crippen molar-refractivity contribution in [1.29, 1.82) is 0 Å². The van der Waals surface area contributed by atoms with Crippen molar-refractivity contribution in [1.82, 2.24) is 15.0 Å². The Hall–Kier alpha value is -2.89. The van der Waals surface area contributed by atoms with Gasteiger partial charge in [0.1, 0.15) is 17.8 Å². The van der Waals surface area contributed by atoms with Crippen LogP contribution in [0.4, 0.5) is 5.82 Å². The lowest BCUT2D eigenvalue weighted by atomic mass is 9.94. The summed E-state index contributed by atoms with van der Waals surface area (Å²) in [6.45, 7) is 1.04. The molecule has 1 aliphatic heterocycles. The average molecular weight is 334 g/mol. The zero-order valence-corrected chi connectivity index (χ0v) is 14.0. The third-order valence-corrected chi connectivity index (χ3v) is 5.41. The molecule has 0 radical (unpaired) electrons. The second kappa shape index (κ2) is 5.05. The van der Waals surface area contributed by atoms with Crippen LogP contribution in [0.15, 0.2) is 36.7 Å². The third kappa shape index (κ3) is 2.06. The molecule has 0 saturated carbocycles. The van der Waals surface area contributed by atoms with Crippen molar-refractivity contribution in [2.75, 3.05) is 18.6 Å². The van der Waals surface area contributed by atoms with Crippen LogP contribution >= 0.6 is 0 Å². The van der Waals surface area contributed by atoms with Crippen LogP contribution in [-0.2, 0) is 4.74 Å². The van der Waals surface area contributed by atoms with Crippen molar-refractivity contribution in [3.8, 4) is 0 Å². The Labute approximate surface area is 144 Å². The van der Waals surface area contributed by atoms with Crippen molar-refractivity contribution >= 4 is 33.7 Å². The molecule has 25 heavy (non-hydrogen) atoms. The van der Waals surface area contributed by atoms with Crippen LogP contribution in [0.5, 0.6) is 0 Å². The fraction of sp³-hybridized carbons (Fsp3) is 0.316. The predicted molar refractivity (Wildman–Crippen MR) is 95.8 cm³/mol. The minimum absolute atomic E-state index is 0.228. The number of aromatic amines is 1. The minimum atomic E-state index is -0.342. The SMILES string of the molecule is COC(=O)c1ccc2c(c1)[nH]c1ncnc(N3CC34CC=CCC4)c12. The van der Waals surface area contributed by atoms with Gasteiger partial charge in [-0.1, -0.05) is 18.2 Å². The Morgan fingerprint density at radius 3 is 3.04 bits per heavy atom. The van der Waals surface area contributed by atoms with E-state index in [9.17, 15) is 4.79 Å². The summed E-state index contributed by atoms with van der Waals surface area (Å²) < 4.78 is 4.81. The summed E-state index contributed by atoms with van der Waals surface area (Å²) >= 11 is 0. The Morgan fingerprint density at radius 2 is 2.24 bits per heavy atom. The van der Waals surface area contributed by atoms with Gasteiger partial charge in [0.2, 0.25) is 0 Å². The molecule has 1 fully saturated rings. The van der Waals surface area contributed by atoms with E-state index in [1.54, 1.807) is 12.4 Å². The van der Waals surface area contributed by atoms with E-state index in [1.807, 2.05) is 12.1 Å². The fourth-order valence-electron chi connectivity index (χ4n) is 3.98. The monoisotopic (exact) mass is 334 g/mol. The average Bonchev–Trinajstić information content (AvgIpc) is 3.19. The number of ether oxygens (including phenoxy) is 1. The van der Waals surface area contributed by atoms with Crippen molar-refractivity contribution in [2.24, 2.45) is 0 Å². The molecule has 3 aromatic rings. The van der Waals surface area contributed by atoms with E-state index in [1.165, 1.54) is 13.5 Å². The first-order chi connectivity index (χ1) is 12.2. The van der Waals surface area contributed by atoms with E-state index >= 15 is 0 Å². The Kier molecular flexibility index (Phi) is 2.92. The largest absolute Gasteiger partial charge is 0.465 e. The van der Waals surface area contributed by atoms with E-state index in [0.717, 1.165) is 47.1 Å². The quantitative estimate of drug-likeness (QED) is 0.443. The highest BCUT2D eigenvalue weighted by atomic mass is 16.5. The van der Waals surface area contributed by atoms with Crippen molar-refractivity contribution in [3.63, 3.8) is 0 Å². The van der Waals surface area contributed by atoms with E-state index in [0.29, 0.717) is 5.56 Å². The van der Waals surface area contributed by atoms with Crippen molar-refractivity contribution in [2.45, 2.75) is 24.8 Å². The zero-order valence-electron chi connectivity index (χ0n) is 14.0. The normalized spacial score (nSPS) is 22.0. The van der Waals surface area contributed by atoms with Crippen LogP contribution in [0.2, 0.25) is 0 Å². The van der Waals surface area contributed by atoms with Crippen LogP contribution in [0, 0.1) is 0 Å². The first-order valence-corrected chi connectivity index (χ1v) is 8.49. The number of aromatic nitrogens is 3. The Bertz CT molecular complexity index is 1040. The molecule has 6 heteroatoms. The highest BCUT2D eigenvalue weighted by Gasteiger charge is 2.52. The van der Waals surface area contributed by atoms with Gasteiger partial charge in [-0.2, -0.15) is 0 Å². The molecular formula is C19H18N4O2. The Balaban J connectivity index is 1.65. The van der Waals surface area contributed by atoms with Gasteiger partial charge in [-0.25, -0.2) is 14.8 Å². The predicted octanol–water partition coefficient (Wildman–Crippen LogP) is 3.20. The van der Waals surface area contributed by atoms with Crippen LogP contribution in [-0.4, -0.2) is 40.1 Å². The fourth-order valence-corrected chi connectivity index (χ4v) is 3.98. The number of rotatable bonds is 2. The number of methoxy groups -OCH3 is 1. The lowest BCUT2D eigenvalue weighted by molar-refractivity contribution is 0.0601. The number of hydrogen-bond acceptors (Lipinski definition) is 5. The van der Waals surface area contributed by atoms with Crippen molar-refractivity contribution in [3.05, 3.63) is 42.2 Å². The topological polar surface area (TPSA) is 70.9 Å². The number of carbonyl (C=O) groups excluding carboxylic acids is 1. The number of benzene rings is 1. The lowest BCUT2D eigenvalue weighted by Gasteiger charge is -2.19. The van der Waals surface area contributed by atoms with Crippen LogP contribution < -0.4 is 4.90 Å². The molecule has 1 unspecified atom stereocenters. The maximum absolute atomic E-state index is 11.8. The maximum atomic E-state index is 11.8. The second-order valence-corrected chi connectivity index (χ2v) is 6.82. The molecule has 1 atom stereocenters. The maximum Gasteiger partial charge on any atom is 0.337 e. The molecule has 3 heterocycles. The number of hydrogen-bond donors (Lipinski definition) is 1. The summed E-state index contributed by atoms with van der Waals surface area (Å²) in [5, 5.41) is 2.06. The highest BCUT2D eigenvalue weighted by molar-refractivity contribution is 6.13. The molecule has 1 saturated heterocycles. The number of fused-ring (bicyclic) bond motifs is 3. The van der Waals surface area contributed by atoms with E-state index in [-0.39, 0.29) is 11.5 Å². The molecule has 2 aromatic heterocycles. The summed E-state index contributed by atoms with van der Waals surface area (Å²) in [6.07, 6.45) is 9.52. The number of anilines is 1. The van der Waals surface area contributed by atoms with E-state index < -0.39 is 0 Å². The summed E-state index contributed by atoms with van der Waals surface area (Å²) in [4.78, 5) is 26.5. The molecule has 1 spiro atoms. The number of carbonyl (C=O) groups is 1. The smallest absolute Gasteiger partial charge is 0.337 e. The minimum Gasteiger partial charge on any atom is -0.465 e. The van der Waals surface area contributed by atoms with Crippen LogP contribution in [0.1, 0.15) is 29.6 Å². The third-order valence-electron chi connectivity index (χ3n) is 5.41. The molecule has 126 valence electrons. The molecule has 1 N–H and O–H groups in total. The molecule has 5 rings (SSSR count). The highest BCUT2D eigenvalue weighted by Crippen LogP contribution is 2.48.